The smallest absolute Gasteiger partial charge is 0.328 e. The van der Waals surface area contributed by atoms with Crippen LogP contribution in [0.2, 0.25) is 0 Å². The van der Waals surface area contributed by atoms with Crippen molar-refractivity contribution in [3.63, 3.8) is 0 Å². The summed E-state index contributed by atoms with van der Waals surface area (Å²) in [4.78, 5) is 66.2. The molecule has 1 aliphatic heterocycles. The first-order valence-corrected chi connectivity index (χ1v) is 16.6. The van der Waals surface area contributed by atoms with Crippen molar-refractivity contribution < 1.29 is 18.8 Å². The van der Waals surface area contributed by atoms with E-state index in [9.17, 15) is 19.2 Å². The van der Waals surface area contributed by atoms with Gasteiger partial charge in [0.25, 0.3) is 5.91 Å². The number of hydrogen-bond donors (Lipinski definition) is 2. The molecule has 14 heteroatoms. The standard InChI is InChI=1S/C38H35N9O5/c1-22(2)27-16-25(17-30-34(27)46(5)38(51)45(30)4)44(3)26-19-41-35(42-20-26)24-9-10-29(40-18-24)36(49)39-13-6-7-23-8-11-32-28(15-23)31(21-52-32)47-14-12-33(48)43-37(47)50/h8-11,15-22H,12-14H2,1-5H3,(H,39,49)(H,43,48,50). The summed E-state index contributed by atoms with van der Waals surface area (Å²) in [6.07, 6.45) is 6.68. The molecule has 2 N–H and O–H groups in total. The molecule has 1 aliphatic rings. The number of benzene rings is 2. The number of amides is 4. The minimum absolute atomic E-state index is 0.0710. The van der Waals surface area contributed by atoms with Gasteiger partial charge in [0, 0.05) is 62.5 Å². The second-order valence-electron chi connectivity index (χ2n) is 12.8. The topological polar surface area (TPSA) is 160 Å². The zero-order chi connectivity index (χ0) is 36.7. The summed E-state index contributed by atoms with van der Waals surface area (Å²) in [5, 5.41) is 5.76. The molecule has 0 spiro atoms. The highest BCUT2D eigenvalue weighted by molar-refractivity contribution is 6.09. The fourth-order valence-electron chi connectivity index (χ4n) is 6.22. The third-order valence-electron chi connectivity index (χ3n) is 9.13. The largest absolute Gasteiger partial charge is 0.462 e. The van der Waals surface area contributed by atoms with E-state index in [1.807, 2.05) is 18.0 Å². The fraction of sp³-hybridized carbons (Fsp3) is 0.237. The van der Waals surface area contributed by atoms with E-state index in [1.165, 1.54) is 11.2 Å². The number of anilines is 3. The van der Waals surface area contributed by atoms with E-state index in [-0.39, 0.29) is 48.6 Å². The van der Waals surface area contributed by atoms with Crippen LogP contribution in [0.15, 0.2) is 76.5 Å². The van der Waals surface area contributed by atoms with Crippen molar-refractivity contribution in [3.8, 4) is 23.2 Å². The van der Waals surface area contributed by atoms with Crippen molar-refractivity contribution in [1.29, 1.82) is 0 Å². The molecule has 0 unspecified atom stereocenters. The number of hydrogen-bond acceptors (Lipinski definition) is 9. The van der Waals surface area contributed by atoms with Gasteiger partial charge in [-0.2, -0.15) is 0 Å². The Bertz CT molecular complexity index is 2500. The molecule has 4 aromatic heterocycles. The average Bonchev–Trinajstić information content (AvgIpc) is 3.66. The molecule has 52 heavy (non-hydrogen) atoms. The quantitative estimate of drug-likeness (QED) is 0.227. The Hall–Kier alpha value is -6.75. The molecule has 0 aliphatic carbocycles. The van der Waals surface area contributed by atoms with E-state index >= 15 is 0 Å². The Balaban J connectivity index is 0.992. The number of pyridine rings is 1. The molecule has 1 saturated heterocycles. The lowest BCUT2D eigenvalue weighted by Gasteiger charge is -2.25. The van der Waals surface area contributed by atoms with Gasteiger partial charge in [-0.25, -0.2) is 19.6 Å². The van der Waals surface area contributed by atoms with E-state index in [0.29, 0.717) is 33.6 Å². The van der Waals surface area contributed by atoms with Crippen LogP contribution in [0.25, 0.3) is 33.4 Å². The normalized spacial score (nSPS) is 13.0. The minimum atomic E-state index is -0.498. The van der Waals surface area contributed by atoms with Crippen molar-refractivity contribution in [1.82, 2.24) is 34.7 Å². The summed E-state index contributed by atoms with van der Waals surface area (Å²) in [7, 11) is 5.51. The maximum absolute atomic E-state index is 12.8. The minimum Gasteiger partial charge on any atom is -0.462 e. The number of rotatable bonds is 7. The number of urea groups is 1. The summed E-state index contributed by atoms with van der Waals surface area (Å²) in [6.45, 7) is 4.56. The lowest BCUT2D eigenvalue weighted by molar-refractivity contribution is -0.120. The third-order valence-corrected chi connectivity index (χ3v) is 9.13. The van der Waals surface area contributed by atoms with Crippen molar-refractivity contribution in [3.05, 3.63) is 94.6 Å². The number of imide groups is 1. The molecule has 7 rings (SSSR count). The highest BCUT2D eigenvalue weighted by atomic mass is 16.3. The summed E-state index contributed by atoms with van der Waals surface area (Å²) in [5.41, 5.74) is 7.13. The molecular weight excluding hydrogens is 662 g/mol. The van der Waals surface area contributed by atoms with Gasteiger partial charge in [0.15, 0.2) is 5.82 Å². The Morgan fingerprint density at radius 3 is 2.50 bits per heavy atom. The molecule has 0 bridgehead atoms. The first-order chi connectivity index (χ1) is 25.0. The predicted octanol–water partition coefficient (Wildman–Crippen LogP) is 4.59. The van der Waals surface area contributed by atoms with Gasteiger partial charge in [0.2, 0.25) is 5.91 Å². The molecule has 14 nitrogen and oxygen atoms in total. The second kappa shape index (κ2) is 13.5. The maximum Gasteiger partial charge on any atom is 0.328 e. The SMILES string of the molecule is CC(C)c1cc(N(C)c2cnc(-c3ccc(C(=O)NCC#Cc4ccc5occ(N6CCC(=O)NC6=O)c5c4)nc3)nc2)cc2c1n(C)c(=O)n2C. The van der Waals surface area contributed by atoms with Gasteiger partial charge in [-0.05, 0) is 53.9 Å². The Labute approximate surface area is 298 Å². The molecule has 6 aromatic rings. The molecule has 5 heterocycles. The van der Waals surface area contributed by atoms with Crippen molar-refractivity contribution >= 4 is 56.9 Å². The lowest BCUT2D eigenvalue weighted by Crippen LogP contribution is -2.49. The van der Waals surface area contributed by atoms with E-state index < -0.39 is 6.03 Å². The van der Waals surface area contributed by atoms with Crippen LogP contribution in [0.3, 0.4) is 0 Å². The van der Waals surface area contributed by atoms with Crippen LogP contribution in [-0.4, -0.2) is 62.1 Å². The first kappa shape index (κ1) is 33.7. The number of imidazole rings is 1. The number of aromatic nitrogens is 5. The Kier molecular flexibility index (Phi) is 8.77. The number of nitrogens with zero attached hydrogens (tertiary/aromatic N) is 7. The summed E-state index contributed by atoms with van der Waals surface area (Å²) in [5.74, 6) is 5.93. The van der Waals surface area contributed by atoms with Crippen LogP contribution >= 0.6 is 0 Å². The van der Waals surface area contributed by atoms with Gasteiger partial charge in [-0.1, -0.05) is 25.7 Å². The van der Waals surface area contributed by atoms with Crippen molar-refractivity contribution in [2.75, 3.05) is 29.9 Å². The van der Waals surface area contributed by atoms with Gasteiger partial charge in [-0.3, -0.25) is 33.9 Å². The molecule has 4 amide bonds. The number of aryl methyl sites for hydroxylation is 2. The van der Waals surface area contributed by atoms with Gasteiger partial charge >= 0.3 is 11.7 Å². The average molecular weight is 698 g/mol. The molecule has 0 saturated carbocycles. The van der Waals surface area contributed by atoms with E-state index in [1.54, 1.807) is 72.2 Å². The number of carbonyl (C=O) groups excluding carboxylic acids is 3. The summed E-state index contributed by atoms with van der Waals surface area (Å²) in [6, 6.07) is 12.3. The molecular formula is C38H35N9O5. The third kappa shape index (κ3) is 6.24. The number of nitrogens with one attached hydrogen (secondary N) is 2. The van der Waals surface area contributed by atoms with Crippen LogP contribution in [0, 0.1) is 11.8 Å². The Morgan fingerprint density at radius 1 is 1.00 bits per heavy atom. The van der Waals surface area contributed by atoms with Gasteiger partial charge in [0.1, 0.15) is 17.5 Å². The summed E-state index contributed by atoms with van der Waals surface area (Å²) < 4.78 is 8.95. The zero-order valence-corrected chi connectivity index (χ0v) is 29.2. The number of furan rings is 1. The molecule has 262 valence electrons. The number of fused-ring (bicyclic) bond motifs is 2. The van der Waals surface area contributed by atoms with E-state index in [4.69, 9.17) is 4.42 Å². The molecule has 0 radical (unpaired) electrons. The van der Waals surface area contributed by atoms with E-state index in [2.05, 4.69) is 57.3 Å². The highest BCUT2D eigenvalue weighted by Gasteiger charge is 2.27. The van der Waals surface area contributed by atoms with Crippen LogP contribution < -0.4 is 26.1 Å². The molecule has 1 fully saturated rings. The first-order valence-electron chi connectivity index (χ1n) is 16.6. The van der Waals surface area contributed by atoms with Gasteiger partial charge in [-0.15, -0.1) is 0 Å². The molecule has 2 aromatic carbocycles. The fourth-order valence-corrected chi connectivity index (χ4v) is 6.22. The predicted molar refractivity (Wildman–Crippen MR) is 197 cm³/mol. The second-order valence-corrected chi connectivity index (χ2v) is 12.8. The zero-order valence-electron chi connectivity index (χ0n) is 29.2. The number of carbonyl (C=O) groups is 3. The van der Waals surface area contributed by atoms with Crippen LogP contribution in [0.5, 0.6) is 0 Å². The van der Waals surface area contributed by atoms with Crippen LogP contribution in [-0.2, 0) is 18.9 Å². The van der Waals surface area contributed by atoms with Crippen LogP contribution in [0.1, 0.15) is 47.8 Å². The Morgan fingerprint density at radius 2 is 1.79 bits per heavy atom. The van der Waals surface area contributed by atoms with Crippen LogP contribution in [0.4, 0.5) is 21.9 Å². The van der Waals surface area contributed by atoms with Gasteiger partial charge in [0.05, 0.1) is 41.3 Å². The van der Waals surface area contributed by atoms with E-state index in [0.717, 1.165) is 28.0 Å². The lowest BCUT2D eigenvalue weighted by atomic mass is 10.00. The molecule has 0 atom stereocenters. The highest BCUT2D eigenvalue weighted by Crippen LogP contribution is 2.33. The van der Waals surface area contributed by atoms with Crippen molar-refractivity contribution in [2.24, 2.45) is 14.1 Å². The monoisotopic (exact) mass is 697 g/mol. The van der Waals surface area contributed by atoms with Gasteiger partial charge < -0.3 is 14.6 Å². The maximum atomic E-state index is 12.8. The summed E-state index contributed by atoms with van der Waals surface area (Å²) >= 11 is 0. The van der Waals surface area contributed by atoms with Crippen molar-refractivity contribution in [2.45, 2.75) is 26.2 Å².